The minimum absolute atomic E-state index is 0.0825. The maximum absolute atomic E-state index is 13.8. The average Bonchev–Trinajstić information content (AvgIpc) is 3.21. The summed E-state index contributed by atoms with van der Waals surface area (Å²) in [7, 11) is 0. The minimum atomic E-state index is -0.831. The quantitative estimate of drug-likeness (QED) is 0.541. The van der Waals surface area contributed by atoms with Crippen LogP contribution < -0.4 is 5.32 Å². The van der Waals surface area contributed by atoms with Gasteiger partial charge in [0.2, 0.25) is 0 Å². The highest BCUT2D eigenvalue weighted by atomic mass is 19.1. The number of hydrogen-bond acceptors (Lipinski definition) is 2. The molecule has 0 saturated carbocycles. The molecule has 0 saturated heterocycles. The Labute approximate surface area is 160 Å². The lowest BCUT2D eigenvalue weighted by atomic mass is 10.1. The third-order valence-corrected chi connectivity index (χ3v) is 4.24. The normalized spacial score (nSPS) is 10.6. The second-order valence-corrected chi connectivity index (χ2v) is 6.12. The van der Waals surface area contributed by atoms with Gasteiger partial charge in [0, 0.05) is 17.2 Å². The molecule has 3 aromatic carbocycles. The van der Waals surface area contributed by atoms with Crippen LogP contribution in [0, 0.1) is 11.6 Å². The molecular weight excluding hydrogens is 360 g/mol. The van der Waals surface area contributed by atoms with Crippen LogP contribution in [0.15, 0.2) is 85.1 Å². The van der Waals surface area contributed by atoms with E-state index < -0.39 is 17.5 Å². The molecular formula is C22H15F2N3O. The molecule has 0 bridgehead atoms. The monoisotopic (exact) mass is 375 g/mol. The topological polar surface area (TPSA) is 46.9 Å². The number of hydrogen-bond donors (Lipinski definition) is 1. The SMILES string of the molecule is O=C(Nc1ccc(F)cc1F)c1cccc(-n2nccc2-c2ccccc2)c1. The van der Waals surface area contributed by atoms with Crippen LogP contribution in [0.25, 0.3) is 16.9 Å². The number of halogens is 2. The Hall–Kier alpha value is -3.80. The van der Waals surface area contributed by atoms with E-state index in [4.69, 9.17) is 0 Å². The van der Waals surface area contributed by atoms with Crippen molar-refractivity contribution in [3.8, 4) is 16.9 Å². The summed E-state index contributed by atoms with van der Waals surface area (Å²) in [5, 5.41) is 6.82. The molecule has 0 radical (unpaired) electrons. The van der Waals surface area contributed by atoms with Gasteiger partial charge in [0.1, 0.15) is 11.6 Å². The van der Waals surface area contributed by atoms with Crippen molar-refractivity contribution in [2.24, 2.45) is 0 Å². The van der Waals surface area contributed by atoms with E-state index in [0.29, 0.717) is 11.3 Å². The van der Waals surface area contributed by atoms with Crippen molar-refractivity contribution in [3.05, 3.63) is 102 Å². The predicted molar refractivity (Wildman–Crippen MR) is 103 cm³/mol. The molecule has 1 N–H and O–H groups in total. The summed E-state index contributed by atoms with van der Waals surface area (Å²) in [5.74, 6) is -2.03. The third kappa shape index (κ3) is 3.53. The van der Waals surface area contributed by atoms with Gasteiger partial charge in [-0.1, -0.05) is 36.4 Å². The summed E-state index contributed by atoms with van der Waals surface area (Å²) in [6, 6.07) is 21.5. The summed E-state index contributed by atoms with van der Waals surface area (Å²) in [6.45, 7) is 0. The second-order valence-electron chi connectivity index (χ2n) is 6.12. The molecule has 0 atom stereocenters. The Morgan fingerprint density at radius 3 is 2.50 bits per heavy atom. The van der Waals surface area contributed by atoms with E-state index in [0.717, 1.165) is 23.4 Å². The highest BCUT2D eigenvalue weighted by Gasteiger charge is 2.13. The fourth-order valence-electron chi connectivity index (χ4n) is 2.90. The Kier molecular flexibility index (Phi) is 4.68. The molecule has 0 aliphatic rings. The summed E-state index contributed by atoms with van der Waals surface area (Å²) in [4.78, 5) is 12.5. The second kappa shape index (κ2) is 7.44. The number of anilines is 1. The first-order chi connectivity index (χ1) is 13.6. The first-order valence-corrected chi connectivity index (χ1v) is 8.58. The maximum Gasteiger partial charge on any atom is 0.255 e. The van der Waals surface area contributed by atoms with Gasteiger partial charge in [-0.05, 0) is 36.4 Å². The van der Waals surface area contributed by atoms with Gasteiger partial charge in [-0.25, -0.2) is 13.5 Å². The zero-order valence-electron chi connectivity index (χ0n) is 14.6. The number of carbonyl (C=O) groups excluding carboxylic acids is 1. The molecule has 1 amide bonds. The van der Waals surface area contributed by atoms with Crippen LogP contribution in [0.1, 0.15) is 10.4 Å². The first-order valence-electron chi connectivity index (χ1n) is 8.58. The number of aromatic nitrogens is 2. The number of amides is 1. The molecule has 0 aliphatic carbocycles. The van der Waals surface area contributed by atoms with Gasteiger partial charge in [-0.15, -0.1) is 0 Å². The third-order valence-electron chi connectivity index (χ3n) is 4.24. The van der Waals surface area contributed by atoms with Crippen LogP contribution in [0.5, 0.6) is 0 Å². The van der Waals surface area contributed by atoms with E-state index in [9.17, 15) is 13.6 Å². The number of rotatable bonds is 4. The van der Waals surface area contributed by atoms with Crippen LogP contribution in [0.2, 0.25) is 0 Å². The molecule has 0 fully saturated rings. The molecule has 0 aliphatic heterocycles. The molecule has 0 spiro atoms. The highest BCUT2D eigenvalue weighted by Crippen LogP contribution is 2.23. The van der Waals surface area contributed by atoms with Gasteiger partial charge in [0.15, 0.2) is 0 Å². The Balaban J connectivity index is 1.64. The molecule has 4 aromatic rings. The average molecular weight is 375 g/mol. The van der Waals surface area contributed by atoms with Crippen LogP contribution in [-0.2, 0) is 0 Å². The van der Waals surface area contributed by atoms with Crippen LogP contribution in [-0.4, -0.2) is 15.7 Å². The lowest BCUT2D eigenvalue weighted by molar-refractivity contribution is 0.102. The summed E-state index contributed by atoms with van der Waals surface area (Å²) < 4.78 is 28.6. The van der Waals surface area contributed by atoms with Crippen molar-refractivity contribution in [2.75, 3.05) is 5.32 Å². The number of carbonyl (C=O) groups is 1. The lowest BCUT2D eigenvalue weighted by Gasteiger charge is -2.10. The van der Waals surface area contributed by atoms with Gasteiger partial charge < -0.3 is 5.32 Å². The number of nitrogens with zero attached hydrogens (tertiary/aromatic N) is 2. The Morgan fingerprint density at radius 2 is 1.71 bits per heavy atom. The van der Waals surface area contributed by atoms with E-state index in [2.05, 4.69) is 10.4 Å². The van der Waals surface area contributed by atoms with E-state index in [1.54, 1.807) is 29.1 Å². The fourth-order valence-corrected chi connectivity index (χ4v) is 2.90. The zero-order valence-corrected chi connectivity index (χ0v) is 14.6. The van der Waals surface area contributed by atoms with Crippen molar-refractivity contribution in [3.63, 3.8) is 0 Å². The smallest absolute Gasteiger partial charge is 0.255 e. The minimum Gasteiger partial charge on any atom is -0.319 e. The van der Waals surface area contributed by atoms with Crippen LogP contribution in [0.4, 0.5) is 14.5 Å². The Morgan fingerprint density at radius 1 is 0.893 bits per heavy atom. The van der Waals surface area contributed by atoms with E-state index in [-0.39, 0.29) is 5.69 Å². The van der Waals surface area contributed by atoms with Crippen molar-refractivity contribution in [1.82, 2.24) is 9.78 Å². The molecule has 6 heteroatoms. The summed E-state index contributed by atoms with van der Waals surface area (Å²) in [5.41, 5.74) is 2.80. The number of nitrogens with one attached hydrogen (secondary N) is 1. The van der Waals surface area contributed by atoms with E-state index in [1.807, 2.05) is 42.5 Å². The van der Waals surface area contributed by atoms with Gasteiger partial charge in [0.05, 0.1) is 23.3 Å². The highest BCUT2D eigenvalue weighted by molar-refractivity contribution is 6.04. The summed E-state index contributed by atoms with van der Waals surface area (Å²) in [6.07, 6.45) is 1.68. The van der Waals surface area contributed by atoms with Crippen LogP contribution in [0.3, 0.4) is 0 Å². The fraction of sp³-hybridized carbons (Fsp3) is 0. The molecule has 1 aromatic heterocycles. The largest absolute Gasteiger partial charge is 0.319 e. The zero-order chi connectivity index (χ0) is 19.5. The molecule has 4 nitrogen and oxygen atoms in total. The van der Waals surface area contributed by atoms with Gasteiger partial charge in [-0.3, -0.25) is 4.79 Å². The molecule has 0 unspecified atom stereocenters. The van der Waals surface area contributed by atoms with Crippen molar-refractivity contribution < 1.29 is 13.6 Å². The molecule has 28 heavy (non-hydrogen) atoms. The molecule has 4 rings (SSSR count). The number of benzene rings is 3. The van der Waals surface area contributed by atoms with Gasteiger partial charge >= 0.3 is 0 Å². The van der Waals surface area contributed by atoms with E-state index >= 15 is 0 Å². The van der Waals surface area contributed by atoms with Gasteiger partial charge in [-0.2, -0.15) is 5.10 Å². The maximum atomic E-state index is 13.8. The van der Waals surface area contributed by atoms with E-state index in [1.165, 1.54) is 6.07 Å². The van der Waals surface area contributed by atoms with Crippen molar-refractivity contribution in [1.29, 1.82) is 0 Å². The molecule has 138 valence electrons. The van der Waals surface area contributed by atoms with Crippen LogP contribution >= 0.6 is 0 Å². The van der Waals surface area contributed by atoms with Gasteiger partial charge in [0.25, 0.3) is 5.91 Å². The van der Waals surface area contributed by atoms with Crippen molar-refractivity contribution in [2.45, 2.75) is 0 Å². The first kappa shape index (κ1) is 17.6. The standard InChI is InChI=1S/C22H15F2N3O/c23-17-9-10-20(19(24)14-17)26-22(28)16-7-4-8-18(13-16)27-21(11-12-25-27)15-5-2-1-3-6-15/h1-14H,(H,26,28). The van der Waals surface area contributed by atoms with Crippen molar-refractivity contribution >= 4 is 11.6 Å². The summed E-state index contributed by atoms with van der Waals surface area (Å²) >= 11 is 0. The lowest BCUT2D eigenvalue weighted by Crippen LogP contribution is -2.13. The molecule has 1 heterocycles. The predicted octanol–water partition coefficient (Wildman–Crippen LogP) is 5.07. The Bertz CT molecular complexity index is 1140.